The molecule has 1 unspecified atom stereocenters. The third kappa shape index (κ3) is 3.39. The van der Waals surface area contributed by atoms with Crippen molar-refractivity contribution in [1.82, 2.24) is 19.9 Å². The molecule has 0 aromatic carbocycles. The van der Waals surface area contributed by atoms with Crippen LogP contribution in [-0.4, -0.2) is 58.2 Å². The summed E-state index contributed by atoms with van der Waals surface area (Å²) < 4.78 is 6.27. The molecule has 0 bridgehead atoms. The fraction of sp³-hybridized carbons (Fsp3) is 0.500. The van der Waals surface area contributed by atoms with Gasteiger partial charge in [0, 0.05) is 51.0 Å². The standard InChI is InChI=1S/C18H23N5O/c1-4-16(12-19-6-1)13-22-10-11-24-18(14-22)5-2-9-23(15-18)17-20-7-3-8-21-17/h1,3-4,6-8,12H,2,5,9-11,13-15H2. The zero-order valence-corrected chi connectivity index (χ0v) is 13.8. The van der Waals surface area contributed by atoms with Gasteiger partial charge in [-0.2, -0.15) is 0 Å². The predicted octanol–water partition coefficient (Wildman–Crippen LogP) is 1.74. The first-order valence-corrected chi connectivity index (χ1v) is 8.60. The van der Waals surface area contributed by atoms with Gasteiger partial charge in [0.15, 0.2) is 0 Å². The Bertz CT molecular complexity index is 649. The Morgan fingerprint density at radius 2 is 2.00 bits per heavy atom. The van der Waals surface area contributed by atoms with Crippen molar-refractivity contribution >= 4 is 5.95 Å². The molecule has 6 heteroatoms. The van der Waals surface area contributed by atoms with Crippen molar-refractivity contribution in [2.24, 2.45) is 0 Å². The lowest BCUT2D eigenvalue weighted by atomic mass is 9.90. The van der Waals surface area contributed by atoms with E-state index in [-0.39, 0.29) is 5.60 Å². The topological polar surface area (TPSA) is 54.4 Å². The maximum absolute atomic E-state index is 6.27. The molecule has 4 rings (SSSR count). The van der Waals surface area contributed by atoms with Crippen molar-refractivity contribution in [3.63, 3.8) is 0 Å². The first-order chi connectivity index (χ1) is 11.8. The Hall–Kier alpha value is -2.05. The second-order valence-electron chi connectivity index (χ2n) is 6.68. The maximum atomic E-state index is 6.27. The highest BCUT2D eigenvalue weighted by atomic mass is 16.5. The SMILES string of the molecule is c1cnc(N2CCCC3(CN(Cc4cccnc4)CCO3)C2)nc1. The van der Waals surface area contributed by atoms with Crippen LogP contribution in [0.3, 0.4) is 0 Å². The van der Waals surface area contributed by atoms with Crippen LogP contribution in [0.5, 0.6) is 0 Å². The van der Waals surface area contributed by atoms with Crippen LogP contribution in [0.1, 0.15) is 18.4 Å². The first kappa shape index (κ1) is 15.5. The summed E-state index contributed by atoms with van der Waals surface area (Å²) in [6, 6.07) is 6.00. The summed E-state index contributed by atoms with van der Waals surface area (Å²) in [4.78, 5) is 17.8. The highest BCUT2D eigenvalue weighted by molar-refractivity contribution is 5.31. The zero-order valence-electron chi connectivity index (χ0n) is 13.8. The molecular weight excluding hydrogens is 302 g/mol. The number of anilines is 1. The van der Waals surface area contributed by atoms with Gasteiger partial charge in [-0.15, -0.1) is 0 Å². The van der Waals surface area contributed by atoms with Gasteiger partial charge in [-0.05, 0) is 30.5 Å². The van der Waals surface area contributed by atoms with E-state index in [1.54, 1.807) is 12.4 Å². The van der Waals surface area contributed by atoms with Crippen LogP contribution in [0.2, 0.25) is 0 Å². The second kappa shape index (κ2) is 6.83. The van der Waals surface area contributed by atoms with E-state index in [9.17, 15) is 0 Å². The quantitative estimate of drug-likeness (QED) is 0.857. The van der Waals surface area contributed by atoms with Crippen LogP contribution in [0.25, 0.3) is 0 Å². The fourth-order valence-corrected chi connectivity index (χ4v) is 3.78. The van der Waals surface area contributed by atoms with E-state index in [2.05, 4.69) is 30.8 Å². The van der Waals surface area contributed by atoms with Crippen molar-refractivity contribution in [2.75, 3.05) is 37.7 Å². The van der Waals surface area contributed by atoms with Crippen LogP contribution in [0.15, 0.2) is 43.0 Å². The number of ether oxygens (including phenoxy) is 1. The van der Waals surface area contributed by atoms with E-state index in [0.717, 1.165) is 58.1 Å². The molecule has 6 nitrogen and oxygen atoms in total. The van der Waals surface area contributed by atoms with Crippen LogP contribution in [0, 0.1) is 0 Å². The van der Waals surface area contributed by atoms with E-state index in [1.165, 1.54) is 5.56 Å². The van der Waals surface area contributed by atoms with Crippen molar-refractivity contribution < 1.29 is 4.74 Å². The summed E-state index contributed by atoms with van der Waals surface area (Å²) in [6.07, 6.45) is 9.59. The normalized spacial score (nSPS) is 25.1. The summed E-state index contributed by atoms with van der Waals surface area (Å²) >= 11 is 0. The lowest BCUT2D eigenvalue weighted by Crippen LogP contribution is -2.59. The molecule has 0 N–H and O–H groups in total. The van der Waals surface area contributed by atoms with Crippen molar-refractivity contribution in [3.8, 4) is 0 Å². The second-order valence-corrected chi connectivity index (χ2v) is 6.68. The molecule has 4 heterocycles. The number of aromatic nitrogens is 3. The molecule has 2 fully saturated rings. The third-order valence-corrected chi connectivity index (χ3v) is 4.83. The smallest absolute Gasteiger partial charge is 0.225 e. The van der Waals surface area contributed by atoms with E-state index in [1.807, 2.05) is 24.5 Å². The predicted molar refractivity (Wildman–Crippen MR) is 91.7 cm³/mol. The third-order valence-electron chi connectivity index (χ3n) is 4.83. The summed E-state index contributed by atoms with van der Waals surface area (Å²) in [6.45, 7) is 5.49. The summed E-state index contributed by atoms with van der Waals surface area (Å²) in [5.74, 6) is 0.810. The van der Waals surface area contributed by atoms with Crippen molar-refractivity contribution in [3.05, 3.63) is 48.5 Å². The van der Waals surface area contributed by atoms with E-state index in [0.29, 0.717) is 0 Å². The van der Waals surface area contributed by atoms with Crippen molar-refractivity contribution in [1.29, 1.82) is 0 Å². The van der Waals surface area contributed by atoms with Gasteiger partial charge in [0.25, 0.3) is 0 Å². The number of nitrogens with zero attached hydrogens (tertiary/aromatic N) is 5. The highest BCUT2D eigenvalue weighted by Gasteiger charge is 2.41. The molecule has 2 aliphatic rings. The van der Waals surface area contributed by atoms with Crippen LogP contribution < -0.4 is 4.90 Å². The first-order valence-electron chi connectivity index (χ1n) is 8.60. The Balaban J connectivity index is 1.45. The molecular formula is C18H23N5O. The van der Waals surface area contributed by atoms with Crippen LogP contribution >= 0.6 is 0 Å². The van der Waals surface area contributed by atoms with Crippen molar-refractivity contribution in [2.45, 2.75) is 25.0 Å². The minimum atomic E-state index is -0.113. The highest BCUT2D eigenvalue weighted by Crippen LogP contribution is 2.30. The van der Waals surface area contributed by atoms with Gasteiger partial charge in [-0.1, -0.05) is 6.07 Å². The molecule has 2 aromatic rings. The minimum absolute atomic E-state index is 0.113. The zero-order chi connectivity index (χ0) is 16.2. The Kier molecular flexibility index (Phi) is 4.40. The molecule has 24 heavy (non-hydrogen) atoms. The lowest BCUT2D eigenvalue weighted by Gasteiger charge is -2.48. The summed E-state index contributed by atoms with van der Waals surface area (Å²) in [5, 5.41) is 0. The number of piperidine rings is 1. The number of hydrogen-bond donors (Lipinski definition) is 0. The van der Waals surface area contributed by atoms with Gasteiger partial charge in [-0.25, -0.2) is 9.97 Å². The van der Waals surface area contributed by atoms with Gasteiger partial charge in [0.05, 0.1) is 18.8 Å². The number of morpholine rings is 1. The fourth-order valence-electron chi connectivity index (χ4n) is 3.78. The average molecular weight is 325 g/mol. The Morgan fingerprint density at radius 3 is 2.83 bits per heavy atom. The molecule has 1 atom stereocenters. The molecule has 2 aliphatic heterocycles. The molecule has 0 radical (unpaired) electrons. The van der Waals surface area contributed by atoms with Gasteiger partial charge in [0.2, 0.25) is 5.95 Å². The van der Waals surface area contributed by atoms with E-state index in [4.69, 9.17) is 4.74 Å². The maximum Gasteiger partial charge on any atom is 0.225 e. The molecule has 0 amide bonds. The molecule has 0 saturated carbocycles. The van der Waals surface area contributed by atoms with Gasteiger partial charge < -0.3 is 9.64 Å². The lowest BCUT2D eigenvalue weighted by molar-refractivity contribution is -0.116. The van der Waals surface area contributed by atoms with Gasteiger partial charge in [0.1, 0.15) is 0 Å². The Morgan fingerprint density at radius 1 is 1.08 bits per heavy atom. The molecule has 1 spiro atoms. The van der Waals surface area contributed by atoms with Crippen LogP contribution in [0.4, 0.5) is 5.95 Å². The van der Waals surface area contributed by atoms with E-state index < -0.39 is 0 Å². The number of pyridine rings is 1. The molecule has 0 aliphatic carbocycles. The van der Waals surface area contributed by atoms with Gasteiger partial charge in [-0.3, -0.25) is 9.88 Å². The molecule has 2 saturated heterocycles. The summed E-state index contributed by atoms with van der Waals surface area (Å²) in [7, 11) is 0. The Labute approximate surface area is 142 Å². The minimum Gasteiger partial charge on any atom is -0.370 e. The molecule has 126 valence electrons. The monoisotopic (exact) mass is 325 g/mol. The molecule has 2 aromatic heterocycles. The summed E-state index contributed by atoms with van der Waals surface area (Å²) in [5.41, 5.74) is 1.14. The van der Waals surface area contributed by atoms with E-state index >= 15 is 0 Å². The van der Waals surface area contributed by atoms with Gasteiger partial charge >= 0.3 is 0 Å². The largest absolute Gasteiger partial charge is 0.370 e. The number of rotatable bonds is 3. The number of hydrogen-bond acceptors (Lipinski definition) is 6. The average Bonchev–Trinajstić information content (AvgIpc) is 2.63. The van der Waals surface area contributed by atoms with Crippen LogP contribution in [-0.2, 0) is 11.3 Å².